The number of likely N-dealkylation sites (tertiary alicyclic amines) is 1. The summed E-state index contributed by atoms with van der Waals surface area (Å²) in [6.07, 6.45) is -5.75. The Bertz CT molecular complexity index is 658. The van der Waals surface area contributed by atoms with Crippen LogP contribution in [0.3, 0.4) is 0 Å². The van der Waals surface area contributed by atoms with E-state index >= 15 is 0 Å². The van der Waals surface area contributed by atoms with Crippen molar-refractivity contribution in [3.05, 3.63) is 28.4 Å². The predicted octanol–water partition coefficient (Wildman–Crippen LogP) is 1.91. The number of carbonyl (C=O) groups is 1. The van der Waals surface area contributed by atoms with Crippen LogP contribution in [-0.2, 0) is 6.54 Å². The van der Waals surface area contributed by atoms with Crippen LogP contribution in [0.4, 0.5) is 26.7 Å². The van der Waals surface area contributed by atoms with Gasteiger partial charge < -0.3 is 14.6 Å². The van der Waals surface area contributed by atoms with Gasteiger partial charge in [-0.05, 0) is 0 Å². The molecule has 1 saturated heterocycles. The summed E-state index contributed by atoms with van der Waals surface area (Å²) in [5.41, 5.74) is -1.54. The Labute approximate surface area is 126 Å². The highest BCUT2D eigenvalue weighted by Crippen LogP contribution is 2.39. The molecule has 0 spiro atoms. The zero-order valence-corrected chi connectivity index (χ0v) is 11.6. The van der Waals surface area contributed by atoms with Crippen LogP contribution in [0.15, 0.2) is 17.2 Å². The first kappa shape index (κ1) is 17.2. The standard InChI is InChI=1S/C12H12F5N3O3/c13-11(14)1-2-19(10(22)23)4-7(11)8-5-20(6-12(15,16)17)9(21)3-18-8/h3,5,7H,1-2,4,6H2,(H,22,23). The Morgan fingerprint density at radius 2 is 2.09 bits per heavy atom. The maximum Gasteiger partial charge on any atom is 0.407 e. The minimum atomic E-state index is -4.70. The van der Waals surface area contributed by atoms with Gasteiger partial charge in [-0.2, -0.15) is 13.2 Å². The Hall–Kier alpha value is -2.20. The fourth-order valence-electron chi connectivity index (χ4n) is 2.34. The largest absolute Gasteiger partial charge is 0.465 e. The summed E-state index contributed by atoms with van der Waals surface area (Å²) in [7, 11) is 0. The van der Waals surface area contributed by atoms with Crippen molar-refractivity contribution in [2.24, 2.45) is 0 Å². The molecule has 1 aliphatic heterocycles. The number of hydrogen-bond donors (Lipinski definition) is 1. The predicted molar refractivity (Wildman–Crippen MR) is 66.5 cm³/mol. The van der Waals surface area contributed by atoms with E-state index in [2.05, 4.69) is 4.98 Å². The van der Waals surface area contributed by atoms with Crippen molar-refractivity contribution in [2.75, 3.05) is 13.1 Å². The van der Waals surface area contributed by atoms with Gasteiger partial charge in [0.1, 0.15) is 6.54 Å². The van der Waals surface area contributed by atoms with Crippen LogP contribution in [0.2, 0.25) is 0 Å². The summed E-state index contributed by atoms with van der Waals surface area (Å²) >= 11 is 0. The molecule has 2 rings (SSSR count). The molecular weight excluding hydrogens is 329 g/mol. The van der Waals surface area contributed by atoms with Crippen molar-refractivity contribution in [3.63, 3.8) is 0 Å². The first-order valence-electron chi connectivity index (χ1n) is 6.48. The maximum atomic E-state index is 14.0. The second-order valence-corrected chi connectivity index (χ2v) is 5.19. The smallest absolute Gasteiger partial charge is 0.407 e. The van der Waals surface area contributed by atoms with E-state index < -0.39 is 54.9 Å². The number of aromatic nitrogens is 2. The second kappa shape index (κ2) is 5.78. The van der Waals surface area contributed by atoms with E-state index in [1.165, 1.54) is 0 Å². The summed E-state index contributed by atoms with van der Waals surface area (Å²) in [5, 5.41) is 8.88. The first-order valence-corrected chi connectivity index (χ1v) is 6.48. The molecule has 23 heavy (non-hydrogen) atoms. The van der Waals surface area contributed by atoms with Crippen LogP contribution < -0.4 is 5.56 Å². The average Bonchev–Trinajstić information content (AvgIpc) is 2.39. The SMILES string of the molecule is O=C(O)N1CCC(F)(F)C(c2cn(CC(F)(F)F)c(=O)cn2)C1. The molecule has 0 aromatic carbocycles. The van der Waals surface area contributed by atoms with E-state index in [9.17, 15) is 31.5 Å². The molecule has 1 aliphatic rings. The van der Waals surface area contributed by atoms with Gasteiger partial charge in [0.15, 0.2) is 0 Å². The zero-order valence-electron chi connectivity index (χ0n) is 11.6. The van der Waals surface area contributed by atoms with Gasteiger partial charge in [0.2, 0.25) is 0 Å². The monoisotopic (exact) mass is 341 g/mol. The molecule has 11 heteroatoms. The Kier molecular flexibility index (Phi) is 4.31. The molecule has 1 fully saturated rings. The minimum Gasteiger partial charge on any atom is -0.465 e. The number of rotatable bonds is 2. The number of amides is 1. The summed E-state index contributed by atoms with van der Waals surface area (Å²) in [5.74, 6) is -5.05. The lowest BCUT2D eigenvalue weighted by Crippen LogP contribution is -2.48. The van der Waals surface area contributed by atoms with Gasteiger partial charge in [0.25, 0.3) is 11.5 Å². The molecule has 128 valence electrons. The highest BCUT2D eigenvalue weighted by Gasteiger charge is 2.47. The molecule has 0 saturated carbocycles. The Balaban J connectivity index is 2.37. The molecule has 0 radical (unpaired) electrons. The van der Waals surface area contributed by atoms with Gasteiger partial charge in [-0.15, -0.1) is 0 Å². The third kappa shape index (κ3) is 3.96. The van der Waals surface area contributed by atoms with Crippen LogP contribution in [0.5, 0.6) is 0 Å². The third-order valence-electron chi connectivity index (χ3n) is 3.50. The first-order chi connectivity index (χ1) is 10.5. The molecule has 2 heterocycles. The van der Waals surface area contributed by atoms with Crippen molar-refractivity contribution in [1.29, 1.82) is 0 Å². The van der Waals surface area contributed by atoms with Crippen LogP contribution in [0, 0.1) is 0 Å². The lowest BCUT2D eigenvalue weighted by Gasteiger charge is -2.36. The molecule has 1 N–H and O–H groups in total. The van der Waals surface area contributed by atoms with E-state index in [4.69, 9.17) is 5.11 Å². The molecule has 1 unspecified atom stereocenters. The van der Waals surface area contributed by atoms with Gasteiger partial charge in [0, 0.05) is 25.7 Å². The molecule has 1 aromatic rings. The Morgan fingerprint density at radius 1 is 1.43 bits per heavy atom. The molecule has 1 amide bonds. The average molecular weight is 341 g/mol. The van der Waals surface area contributed by atoms with E-state index in [-0.39, 0.29) is 11.1 Å². The van der Waals surface area contributed by atoms with Crippen molar-refractivity contribution < 1.29 is 31.9 Å². The summed E-state index contributed by atoms with van der Waals surface area (Å²) in [4.78, 5) is 26.5. The molecule has 6 nitrogen and oxygen atoms in total. The lowest BCUT2D eigenvalue weighted by atomic mass is 9.91. The van der Waals surface area contributed by atoms with E-state index in [1.54, 1.807) is 0 Å². The normalized spacial score (nSPS) is 21.3. The molecule has 1 atom stereocenters. The topological polar surface area (TPSA) is 75.4 Å². The molecular formula is C12H12F5N3O3. The van der Waals surface area contributed by atoms with Crippen molar-refractivity contribution in [2.45, 2.75) is 31.0 Å². The number of alkyl halides is 5. The van der Waals surface area contributed by atoms with Crippen LogP contribution in [-0.4, -0.2) is 50.8 Å². The highest BCUT2D eigenvalue weighted by molar-refractivity contribution is 5.65. The lowest BCUT2D eigenvalue weighted by molar-refractivity contribution is -0.141. The van der Waals surface area contributed by atoms with Crippen molar-refractivity contribution in [3.8, 4) is 0 Å². The van der Waals surface area contributed by atoms with E-state index in [0.717, 1.165) is 4.90 Å². The molecule has 0 bridgehead atoms. The minimum absolute atomic E-state index is 0.234. The van der Waals surface area contributed by atoms with Crippen molar-refractivity contribution >= 4 is 6.09 Å². The summed E-state index contributed by atoms with van der Waals surface area (Å²) in [6.45, 7) is -2.64. The number of nitrogens with zero attached hydrogens (tertiary/aromatic N) is 3. The van der Waals surface area contributed by atoms with Crippen LogP contribution in [0.25, 0.3) is 0 Å². The van der Waals surface area contributed by atoms with Gasteiger partial charge in [-0.1, -0.05) is 0 Å². The van der Waals surface area contributed by atoms with Gasteiger partial charge >= 0.3 is 12.3 Å². The fourth-order valence-corrected chi connectivity index (χ4v) is 2.34. The quantitative estimate of drug-likeness (QED) is 0.834. The Morgan fingerprint density at radius 3 is 2.65 bits per heavy atom. The summed E-state index contributed by atoms with van der Waals surface area (Å²) in [6, 6.07) is 0. The molecule has 0 aliphatic carbocycles. The van der Waals surface area contributed by atoms with E-state index in [0.29, 0.717) is 12.4 Å². The number of halogens is 5. The number of piperidine rings is 1. The van der Waals surface area contributed by atoms with Gasteiger partial charge in [0.05, 0.1) is 17.8 Å². The zero-order chi connectivity index (χ0) is 17.4. The van der Waals surface area contributed by atoms with Gasteiger partial charge in [-0.25, -0.2) is 13.6 Å². The molecule has 1 aromatic heterocycles. The summed E-state index contributed by atoms with van der Waals surface area (Å²) < 4.78 is 65.4. The fraction of sp³-hybridized carbons (Fsp3) is 0.583. The number of carboxylic acid groups (broad SMARTS) is 1. The van der Waals surface area contributed by atoms with Crippen molar-refractivity contribution in [1.82, 2.24) is 14.5 Å². The van der Waals surface area contributed by atoms with Crippen LogP contribution >= 0.6 is 0 Å². The third-order valence-corrected chi connectivity index (χ3v) is 3.50. The van der Waals surface area contributed by atoms with E-state index in [1.807, 2.05) is 0 Å². The highest BCUT2D eigenvalue weighted by atomic mass is 19.4. The van der Waals surface area contributed by atoms with Crippen LogP contribution in [0.1, 0.15) is 18.0 Å². The second-order valence-electron chi connectivity index (χ2n) is 5.19. The maximum absolute atomic E-state index is 14.0. The van der Waals surface area contributed by atoms with Gasteiger partial charge in [-0.3, -0.25) is 9.78 Å². The number of hydrogen-bond acceptors (Lipinski definition) is 3.